The lowest BCUT2D eigenvalue weighted by molar-refractivity contribution is -0.128. The van der Waals surface area contributed by atoms with Crippen molar-refractivity contribution in [2.45, 2.75) is 53.6 Å². The maximum Gasteiger partial charge on any atom is 0.225 e. The lowest BCUT2D eigenvalue weighted by atomic mass is 9.96. The summed E-state index contributed by atoms with van der Waals surface area (Å²) >= 11 is 0. The SMILES string of the molecule is CC(C)(C)OCCCNC(=O)C(C)(C)C. The number of rotatable bonds is 4. The van der Waals surface area contributed by atoms with Crippen LogP contribution in [0.2, 0.25) is 0 Å². The van der Waals surface area contributed by atoms with Crippen LogP contribution in [0.4, 0.5) is 0 Å². The lowest BCUT2D eigenvalue weighted by Gasteiger charge is -2.20. The maximum absolute atomic E-state index is 11.5. The summed E-state index contributed by atoms with van der Waals surface area (Å²) in [6.45, 7) is 13.2. The van der Waals surface area contributed by atoms with Gasteiger partial charge in [-0.3, -0.25) is 4.79 Å². The monoisotopic (exact) mass is 215 g/mol. The number of amides is 1. The molecule has 0 aliphatic carbocycles. The second-order valence-corrected chi connectivity index (χ2v) is 5.82. The van der Waals surface area contributed by atoms with E-state index in [1.54, 1.807) is 0 Å². The molecule has 0 atom stereocenters. The van der Waals surface area contributed by atoms with Crippen molar-refractivity contribution in [3.8, 4) is 0 Å². The van der Waals surface area contributed by atoms with Gasteiger partial charge in [0.15, 0.2) is 0 Å². The Labute approximate surface area is 93.6 Å². The van der Waals surface area contributed by atoms with Gasteiger partial charge in [0.25, 0.3) is 0 Å². The van der Waals surface area contributed by atoms with Crippen molar-refractivity contribution in [1.82, 2.24) is 5.32 Å². The molecule has 1 amide bonds. The molecule has 0 fully saturated rings. The van der Waals surface area contributed by atoms with Crippen LogP contribution in [-0.4, -0.2) is 24.7 Å². The van der Waals surface area contributed by atoms with Crippen LogP contribution in [0.15, 0.2) is 0 Å². The van der Waals surface area contributed by atoms with Gasteiger partial charge >= 0.3 is 0 Å². The van der Waals surface area contributed by atoms with E-state index in [1.807, 2.05) is 41.5 Å². The summed E-state index contributed by atoms with van der Waals surface area (Å²) in [5, 5.41) is 2.89. The summed E-state index contributed by atoms with van der Waals surface area (Å²) in [4.78, 5) is 11.5. The van der Waals surface area contributed by atoms with E-state index < -0.39 is 0 Å². The van der Waals surface area contributed by atoms with Crippen molar-refractivity contribution in [2.24, 2.45) is 5.41 Å². The van der Waals surface area contributed by atoms with E-state index in [-0.39, 0.29) is 16.9 Å². The Hall–Kier alpha value is -0.570. The van der Waals surface area contributed by atoms with Crippen molar-refractivity contribution in [3.05, 3.63) is 0 Å². The van der Waals surface area contributed by atoms with Crippen molar-refractivity contribution in [1.29, 1.82) is 0 Å². The highest BCUT2D eigenvalue weighted by atomic mass is 16.5. The molecular formula is C12H25NO2. The molecule has 15 heavy (non-hydrogen) atoms. The second-order valence-electron chi connectivity index (χ2n) is 5.82. The Kier molecular flexibility index (Phi) is 5.29. The molecule has 3 heteroatoms. The highest BCUT2D eigenvalue weighted by molar-refractivity contribution is 5.81. The largest absolute Gasteiger partial charge is 0.376 e. The number of nitrogens with one attached hydrogen (secondary N) is 1. The third kappa shape index (κ3) is 8.43. The molecule has 0 spiro atoms. The van der Waals surface area contributed by atoms with E-state index in [1.165, 1.54) is 0 Å². The topological polar surface area (TPSA) is 38.3 Å². The molecule has 0 radical (unpaired) electrons. The van der Waals surface area contributed by atoms with E-state index in [4.69, 9.17) is 4.74 Å². The quantitative estimate of drug-likeness (QED) is 0.731. The molecule has 0 aromatic carbocycles. The van der Waals surface area contributed by atoms with Gasteiger partial charge in [-0.2, -0.15) is 0 Å². The first-order valence-electron chi connectivity index (χ1n) is 5.55. The van der Waals surface area contributed by atoms with Gasteiger partial charge in [0.2, 0.25) is 5.91 Å². The number of hydrogen-bond donors (Lipinski definition) is 1. The van der Waals surface area contributed by atoms with Crippen LogP contribution in [-0.2, 0) is 9.53 Å². The van der Waals surface area contributed by atoms with Gasteiger partial charge in [-0.1, -0.05) is 20.8 Å². The van der Waals surface area contributed by atoms with Crippen molar-refractivity contribution < 1.29 is 9.53 Å². The molecule has 0 aromatic heterocycles. The average Bonchev–Trinajstić information content (AvgIpc) is 1.99. The fourth-order valence-corrected chi connectivity index (χ4v) is 0.918. The molecule has 3 nitrogen and oxygen atoms in total. The normalized spacial score (nSPS) is 12.7. The fraction of sp³-hybridized carbons (Fsp3) is 0.917. The average molecular weight is 215 g/mol. The van der Waals surface area contributed by atoms with Crippen molar-refractivity contribution >= 4 is 5.91 Å². The Morgan fingerprint density at radius 1 is 1.13 bits per heavy atom. The van der Waals surface area contributed by atoms with Gasteiger partial charge in [-0.15, -0.1) is 0 Å². The number of carbonyl (C=O) groups excluding carboxylic acids is 1. The minimum atomic E-state index is -0.301. The van der Waals surface area contributed by atoms with Crippen LogP contribution in [0.25, 0.3) is 0 Å². The van der Waals surface area contributed by atoms with E-state index in [9.17, 15) is 4.79 Å². The predicted molar refractivity (Wildman–Crippen MR) is 62.8 cm³/mol. The van der Waals surface area contributed by atoms with E-state index >= 15 is 0 Å². The maximum atomic E-state index is 11.5. The van der Waals surface area contributed by atoms with Crippen molar-refractivity contribution in [3.63, 3.8) is 0 Å². The van der Waals surface area contributed by atoms with E-state index in [0.29, 0.717) is 13.2 Å². The van der Waals surface area contributed by atoms with Crippen LogP contribution >= 0.6 is 0 Å². The number of carbonyl (C=O) groups is 1. The van der Waals surface area contributed by atoms with Gasteiger partial charge in [0, 0.05) is 18.6 Å². The Morgan fingerprint density at radius 3 is 2.07 bits per heavy atom. The first kappa shape index (κ1) is 14.4. The molecule has 0 saturated heterocycles. The molecular weight excluding hydrogens is 190 g/mol. The molecule has 0 bridgehead atoms. The summed E-state index contributed by atoms with van der Waals surface area (Å²) in [5.41, 5.74) is -0.390. The molecule has 0 unspecified atom stereocenters. The summed E-state index contributed by atoms with van der Waals surface area (Å²) in [6.07, 6.45) is 0.860. The van der Waals surface area contributed by atoms with Crippen LogP contribution in [0, 0.1) is 5.41 Å². The third-order valence-corrected chi connectivity index (χ3v) is 1.82. The van der Waals surface area contributed by atoms with E-state index in [0.717, 1.165) is 6.42 Å². The van der Waals surface area contributed by atoms with Crippen molar-refractivity contribution in [2.75, 3.05) is 13.2 Å². The molecule has 1 N–H and O–H groups in total. The molecule has 0 aliphatic rings. The number of ether oxygens (including phenoxy) is 1. The van der Waals surface area contributed by atoms with Crippen LogP contribution < -0.4 is 5.32 Å². The summed E-state index contributed by atoms with van der Waals surface area (Å²) in [6, 6.07) is 0. The molecule has 90 valence electrons. The standard InChI is InChI=1S/C12H25NO2/c1-11(2,3)10(14)13-8-7-9-15-12(4,5)6/h7-9H2,1-6H3,(H,13,14). The first-order chi connectivity index (χ1) is 6.63. The second kappa shape index (κ2) is 5.50. The zero-order valence-corrected chi connectivity index (χ0v) is 10.9. The molecule has 0 heterocycles. The Balaban J connectivity index is 3.53. The zero-order chi connectivity index (χ0) is 12.1. The highest BCUT2D eigenvalue weighted by Crippen LogP contribution is 2.12. The van der Waals surface area contributed by atoms with Gasteiger partial charge in [-0.25, -0.2) is 0 Å². The minimum Gasteiger partial charge on any atom is -0.376 e. The smallest absolute Gasteiger partial charge is 0.225 e. The molecule has 0 aromatic rings. The molecule has 0 rings (SSSR count). The van der Waals surface area contributed by atoms with Crippen LogP contribution in [0.5, 0.6) is 0 Å². The number of hydrogen-bond acceptors (Lipinski definition) is 2. The summed E-state index contributed by atoms with van der Waals surface area (Å²) in [7, 11) is 0. The van der Waals surface area contributed by atoms with E-state index in [2.05, 4.69) is 5.32 Å². The Morgan fingerprint density at radius 2 is 1.67 bits per heavy atom. The van der Waals surface area contributed by atoms with Gasteiger partial charge < -0.3 is 10.1 Å². The predicted octanol–water partition coefficient (Wildman–Crippen LogP) is 2.35. The first-order valence-corrected chi connectivity index (χ1v) is 5.55. The molecule has 0 saturated carbocycles. The zero-order valence-electron chi connectivity index (χ0n) is 10.9. The highest BCUT2D eigenvalue weighted by Gasteiger charge is 2.20. The van der Waals surface area contributed by atoms with Crippen LogP contribution in [0.1, 0.15) is 48.0 Å². The van der Waals surface area contributed by atoms with Gasteiger partial charge in [-0.05, 0) is 27.2 Å². The fourth-order valence-electron chi connectivity index (χ4n) is 0.918. The lowest BCUT2D eigenvalue weighted by Crippen LogP contribution is -2.35. The molecule has 0 aliphatic heterocycles. The van der Waals surface area contributed by atoms with Gasteiger partial charge in [0.1, 0.15) is 0 Å². The van der Waals surface area contributed by atoms with Crippen LogP contribution in [0.3, 0.4) is 0 Å². The van der Waals surface area contributed by atoms with Gasteiger partial charge in [0.05, 0.1) is 5.60 Å². The summed E-state index contributed by atoms with van der Waals surface area (Å²) in [5.74, 6) is 0.0956. The minimum absolute atomic E-state index is 0.0892. The summed E-state index contributed by atoms with van der Waals surface area (Å²) < 4.78 is 5.55. The third-order valence-electron chi connectivity index (χ3n) is 1.82. The Bertz CT molecular complexity index is 199.